The summed E-state index contributed by atoms with van der Waals surface area (Å²) in [7, 11) is 3.05. The summed E-state index contributed by atoms with van der Waals surface area (Å²) >= 11 is 6.58. The molecule has 3 aromatic rings. The Kier molecular flexibility index (Phi) is 5.90. The van der Waals surface area contributed by atoms with Crippen molar-refractivity contribution in [1.82, 2.24) is 19.7 Å². The van der Waals surface area contributed by atoms with E-state index in [0.29, 0.717) is 39.3 Å². The molecule has 0 aliphatic heterocycles. The Balaban J connectivity index is 1.89. The molecule has 0 atom stereocenters. The summed E-state index contributed by atoms with van der Waals surface area (Å²) in [5, 5.41) is 10.3. The Morgan fingerprint density at radius 3 is 2.89 bits per heavy atom. The van der Waals surface area contributed by atoms with Crippen molar-refractivity contribution in [1.29, 1.82) is 0 Å². The van der Waals surface area contributed by atoms with Crippen molar-refractivity contribution in [2.75, 3.05) is 19.5 Å². The van der Waals surface area contributed by atoms with Crippen molar-refractivity contribution in [3.63, 3.8) is 0 Å². The zero-order chi connectivity index (χ0) is 20.3. The van der Waals surface area contributed by atoms with Crippen molar-refractivity contribution < 1.29 is 14.3 Å². The molecule has 0 unspecified atom stereocenters. The van der Waals surface area contributed by atoms with E-state index in [1.807, 2.05) is 11.5 Å². The van der Waals surface area contributed by atoms with Crippen LogP contribution in [0.2, 0.25) is 0 Å². The Labute approximate surface area is 170 Å². The van der Waals surface area contributed by atoms with Gasteiger partial charge in [0.25, 0.3) is 5.91 Å². The molecule has 0 aliphatic carbocycles. The number of amides is 1. The van der Waals surface area contributed by atoms with Crippen LogP contribution in [0.1, 0.15) is 16.1 Å². The third-order valence-corrected chi connectivity index (χ3v) is 5.32. The molecule has 3 rings (SSSR count). The second-order valence-corrected chi connectivity index (χ2v) is 7.09. The van der Waals surface area contributed by atoms with E-state index in [0.717, 1.165) is 10.6 Å². The standard InChI is InChI=1S/C18H19N5O3S2/c1-5-8-23-15(21-22-18(23)27)14-10(2)19-17(28-14)20-16(24)12-7-6-11(25-3)9-13(12)26-4/h5-7,9H,1,8H2,2-4H3,(H,22,27)(H,19,20,24). The summed E-state index contributed by atoms with van der Waals surface area (Å²) in [4.78, 5) is 18.0. The maximum atomic E-state index is 12.7. The number of benzene rings is 1. The van der Waals surface area contributed by atoms with Gasteiger partial charge in [0.1, 0.15) is 11.5 Å². The smallest absolute Gasteiger partial charge is 0.261 e. The molecule has 0 spiro atoms. The van der Waals surface area contributed by atoms with Gasteiger partial charge in [-0.15, -0.1) is 6.58 Å². The lowest BCUT2D eigenvalue weighted by molar-refractivity contribution is 0.102. The number of nitrogens with zero attached hydrogens (tertiary/aromatic N) is 3. The third-order valence-electron chi connectivity index (χ3n) is 3.94. The first kappa shape index (κ1) is 19.8. The minimum absolute atomic E-state index is 0.329. The quantitative estimate of drug-likeness (QED) is 0.448. The lowest BCUT2D eigenvalue weighted by Crippen LogP contribution is -2.13. The van der Waals surface area contributed by atoms with E-state index < -0.39 is 0 Å². The minimum Gasteiger partial charge on any atom is -0.497 e. The lowest BCUT2D eigenvalue weighted by Gasteiger charge is -2.09. The maximum Gasteiger partial charge on any atom is 0.261 e. The van der Waals surface area contributed by atoms with Crippen molar-refractivity contribution in [2.24, 2.45) is 0 Å². The van der Waals surface area contributed by atoms with Gasteiger partial charge in [0.05, 0.1) is 30.4 Å². The fourth-order valence-corrected chi connectivity index (χ4v) is 3.76. The summed E-state index contributed by atoms with van der Waals surface area (Å²) in [5.74, 6) is 1.34. The molecule has 0 bridgehead atoms. The number of anilines is 1. The van der Waals surface area contributed by atoms with E-state index in [1.165, 1.54) is 18.4 Å². The molecule has 0 fully saturated rings. The Morgan fingerprint density at radius 2 is 2.21 bits per heavy atom. The van der Waals surface area contributed by atoms with E-state index in [-0.39, 0.29) is 5.91 Å². The largest absolute Gasteiger partial charge is 0.497 e. The second kappa shape index (κ2) is 8.36. The summed E-state index contributed by atoms with van der Waals surface area (Å²) in [5.41, 5.74) is 1.12. The van der Waals surface area contributed by atoms with Gasteiger partial charge in [0, 0.05) is 12.6 Å². The fraction of sp³-hybridized carbons (Fsp3) is 0.222. The number of hydrogen-bond acceptors (Lipinski definition) is 7. The van der Waals surface area contributed by atoms with Gasteiger partial charge in [0.2, 0.25) is 0 Å². The molecule has 2 aromatic heterocycles. The molecule has 0 aliphatic rings. The van der Waals surface area contributed by atoms with E-state index >= 15 is 0 Å². The first-order chi connectivity index (χ1) is 13.5. The van der Waals surface area contributed by atoms with Crippen LogP contribution in [0.3, 0.4) is 0 Å². The fourth-order valence-electron chi connectivity index (χ4n) is 2.60. The van der Waals surface area contributed by atoms with Crippen LogP contribution in [-0.4, -0.2) is 39.9 Å². The molecule has 28 heavy (non-hydrogen) atoms. The maximum absolute atomic E-state index is 12.7. The van der Waals surface area contributed by atoms with E-state index in [4.69, 9.17) is 21.7 Å². The highest BCUT2D eigenvalue weighted by atomic mass is 32.1. The summed E-state index contributed by atoms with van der Waals surface area (Å²) in [6.45, 7) is 6.12. The van der Waals surface area contributed by atoms with Gasteiger partial charge < -0.3 is 9.47 Å². The van der Waals surface area contributed by atoms with E-state index in [2.05, 4.69) is 27.1 Å². The van der Waals surface area contributed by atoms with Crippen LogP contribution in [0.5, 0.6) is 11.5 Å². The van der Waals surface area contributed by atoms with Crippen LogP contribution in [-0.2, 0) is 6.54 Å². The summed E-state index contributed by atoms with van der Waals surface area (Å²) in [6, 6.07) is 4.99. The number of H-pyrrole nitrogens is 1. The number of carbonyl (C=O) groups excluding carboxylic acids is 1. The molecule has 8 nitrogen and oxygen atoms in total. The molecule has 2 N–H and O–H groups in total. The number of aromatic nitrogens is 4. The van der Waals surface area contributed by atoms with Gasteiger partial charge in [-0.25, -0.2) is 4.98 Å². The highest BCUT2D eigenvalue weighted by Gasteiger charge is 2.19. The third kappa shape index (κ3) is 3.82. The highest BCUT2D eigenvalue weighted by molar-refractivity contribution is 7.71. The predicted molar refractivity (Wildman–Crippen MR) is 111 cm³/mol. The van der Waals surface area contributed by atoms with E-state index in [9.17, 15) is 4.79 Å². The average Bonchev–Trinajstić information content (AvgIpc) is 3.23. The molecular weight excluding hydrogens is 398 g/mol. The van der Waals surface area contributed by atoms with Gasteiger partial charge in [-0.1, -0.05) is 17.4 Å². The van der Waals surface area contributed by atoms with Crippen molar-refractivity contribution in [2.45, 2.75) is 13.5 Å². The lowest BCUT2D eigenvalue weighted by atomic mass is 10.2. The van der Waals surface area contributed by atoms with Gasteiger partial charge in [-0.3, -0.25) is 19.8 Å². The molecule has 0 radical (unpaired) electrons. The van der Waals surface area contributed by atoms with Crippen LogP contribution < -0.4 is 14.8 Å². The zero-order valence-electron chi connectivity index (χ0n) is 15.6. The highest BCUT2D eigenvalue weighted by Crippen LogP contribution is 2.32. The number of ether oxygens (including phenoxy) is 2. The molecular formula is C18H19N5O3S2. The Hall–Kier alpha value is -2.98. The molecule has 10 heteroatoms. The Morgan fingerprint density at radius 1 is 1.43 bits per heavy atom. The second-order valence-electron chi connectivity index (χ2n) is 5.71. The first-order valence-electron chi connectivity index (χ1n) is 8.25. The number of methoxy groups -OCH3 is 2. The van der Waals surface area contributed by atoms with E-state index in [1.54, 1.807) is 31.4 Å². The monoisotopic (exact) mass is 417 g/mol. The molecule has 1 amide bonds. The normalized spacial score (nSPS) is 10.5. The van der Waals surface area contributed by atoms with Gasteiger partial charge in [-0.2, -0.15) is 5.10 Å². The predicted octanol–water partition coefficient (Wildman–Crippen LogP) is 3.83. The van der Waals surface area contributed by atoms with Crippen LogP contribution in [0.4, 0.5) is 5.13 Å². The van der Waals surface area contributed by atoms with Crippen molar-refractivity contribution in [3.05, 3.63) is 46.9 Å². The van der Waals surface area contributed by atoms with Crippen molar-refractivity contribution in [3.8, 4) is 22.2 Å². The zero-order valence-corrected chi connectivity index (χ0v) is 17.2. The molecule has 146 valence electrons. The number of aromatic amines is 1. The number of hydrogen-bond donors (Lipinski definition) is 2. The number of aryl methyl sites for hydroxylation is 1. The average molecular weight is 418 g/mol. The number of thiazole rings is 1. The SMILES string of the molecule is C=CCn1c(-c2sc(NC(=O)c3ccc(OC)cc3OC)nc2C)n[nH]c1=S. The molecule has 0 saturated carbocycles. The van der Waals surface area contributed by atoms with Crippen LogP contribution >= 0.6 is 23.6 Å². The first-order valence-corrected chi connectivity index (χ1v) is 9.48. The van der Waals surface area contributed by atoms with Crippen LogP contribution in [0, 0.1) is 11.7 Å². The number of nitrogens with one attached hydrogen (secondary N) is 2. The van der Waals surface area contributed by atoms with Crippen LogP contribution in [0.15, 0.2) is 30.9 Å². The van der Waals surface area contributed by atoms with Crippen LogP contribution in [0.25, 0.3) is 10.7 Å². The Bertz CT molecular complexity index is 1080. The van der Waals surface area contributed by atoms with Crippen molar-refractivity contribution >= 4 is 34.6 Å². The van der Waals surface area contributed by atoms with Gasteiger partial charge in [0.15, 0.2) is 15.7 Å². The molecule has 1 aromatic carbocycles. The number of carbonyl (C=O) groups is 1. The van der Waals surface area contributed by atoms with Gasteiger partial charge >= 0.3 is 0 Å². The van der Waals surface area contributed by atoms with Gasteiger partial charge in [-0.05, 0) is 31.3 Å². The summed E-state index contributed by atoms with van der Waals surface area (Å²) in [6.07, 6.45) is 1.74. The summed E-state index contributed by atoms with van der Waals surface area (Å²) < 4.78 is 12.8. The molecule has 0 saturated heterocycles. The topological polar surface area (TPSA) is 94.1 Å². The number of allylic oxidation sites excluding steroid dienone is 1. The number of rotatable bonds is 7. The minimum atomic E-state index is -0.329. The molecule has 2 heterocycles.